The third-order valence-electron chi connectivity index (χ3n) is 3.23. The van der Waals surface area contributed by atoms with Gasteiger partial charge in [-0.3, -0.25) is 9.59 Å². The van der Waals surface area contributed by atoms with Gasteiger partial charge in [0.1, 0.15) is 12.1 Å². The van der Waals surface area contributed by atoms with Gasteiger partial charge in [0.05, 0.1) is 0 Å². The SMILES string of the molecule is CCCCCCC(N)C(=O)O.CC[C@H](C)[C@H](N)C(=O)O. The highest BCUT2D eigenvalue weighted by Gasteiger charge is 2.17. The number of hydrogen-bond acceptors (Lipinski definition) is 4. The zero-order valence-electron chi connectivity index (χ0n) is 12.8. The van der Waals surface area contributed by atoms with Crippen LogP contribution in [0.3, 0.4) is 0 Å². The van der Waals surface area contributed by atoms with Gasteiger partial charge >= 0.3 is 11.9 Å². The lowest BCUT2D eigenvalue weighted by atomic mass is 10.0. The van der Waals surface area contributed by atoms with Gasteiger partial charge in [0.15, 0.2) is 0 Å². The summed E-state index contributed by atoms with van der Waals surface area (Å²) in [7, 11) is 0. The van der Waals surface area contributed by atoms with Gasteiger partial charge in [0.25, 0.3) is 0 Å². The Morgan fingerprint density at radius 2 is 1.55 bits per heavy atom. The second kappa shape index (κ2) is 12.9. The van der Waals surface area contributed by atoms with Crippen molar-refractivity contribution in [3.05, 3.63) is 0 Å². The minimum absolute atomic E-state index is 0.0718. The van der Waals surface area contributed by atoms with Crippen LogP contribution in [0, 0.1) is 5.92 Å². The molecule has 0 fully saturated rings. The van der Waals surface area contributed by atoms with Crippen LogP contribution in [0.1, 0.15) is 59.3 Å². The molecule has 0 spiro atoms. The lowest BCUT2D eigenvalue weighted by Crippen LogP contribution is -2.36. The number of hydrogen-bond donors (Lipinski definition) is 4. The summed E-state index contributed by atoms with van der Waals surface area (Å²) in [5, 5.41) is 16.8. The van der Waals surface area contributed by atoms with Crippen molar-refractivity contribution in [3.8, 4) is 0 Å². The molecule has 120 valence electrons. The average molecular weight is 290 g/mol. The predicted molar refractivity (Wildman–Crippen MR) is 79.4 cm³/mol. The molecule has 0 saturated carbocycles. The highest BCUT2D eigenvalue weighted by atomic mass is 16.4. The number of carboxylic acids is 2. The van der Waals surface area contributed by atoms with Crippen molar-refractivity contribution in [2.45, 2.75) is 71.4 Å². The Hall–Kier alpha value is -1.14. The largest absolute Gasteiger partial charge is 0.480 e. The van der Waals surface area contributed by atoms with E-state index in [0.29, 0.717) is 6.42 Å². The monoisotopic (exact) mass is 290 g/mol. The fourth-order valence-electron chi connectivity index (χ4n) is 1.41. The fourth-order valence-corrected chi connectivity index (χ4v) is 1.41. The van der Waals surface area contributed by atoms with Crippen molar-refractivity contribution in [1.29, 1.82) is 0 Å². The van der Waals surface area contributed by atoms with E-state index < -0.39 is 24.0 Å². The van der Waals surface area contributed by atoms with Crippen LogP contribution in [-0.4, -0.2) is 34.2 Å². The molecule has 20 heavy (non-hydrogen) atoms. The van der Waals surface area contributed by atoms with Crippen LogP contribution in [0.25, 0.3) is 0 Å². The number of aliphatic carboxylic acids is 2. The average Bonchev–Trinajstić information content (AvgIpc) is 2.42. The van der Waals surface area contributed by atoms with Crippen molar-refractivity contribution in [3.63, 3.8) is 0 Å². The molecule has 0 bridgehead atoms. The molecule has 0 aliphatic rings. The Morgan fingerprint density at radius 3 is 1.85 bits per heavy atom. The number of unbranched alkanes of at least 4 members (excludes halogenated alkanes) is 3. The molecule has 0 aliphatic carbocycles. The molecule has 0 aromatic heterocycles. The van der Waals surface area contributed by atoms with Crippen LogP contribution in [0.4, 0.5) is 0 Å². The molecular formula is C14H30N2O4. The second-order valence-corrected chi connectivity index (χ2v) is 5.04. The van der Waals surface area contributed by atoms with E-state index in [1.807, 2.05) is 13.8 Å². The molecule has 0 amide bonds. The van der Waals surface area contributed by atoms with E-state index in [0.717, 1.165) is 19.3 Å². The van der Waals surface area contributed by atoms with E-state index in [4.69, 9.17) is 21.7 Å². The van der Waals surface area contributed by atoms with Gasteiger partial charge in [0.2, 0.25) is 0 Å². The third-order valence-corrected chi connectivity index (χ3v) is 3.23. The van der Waals surface area contributed by atoms with Gasteiger partial charge in [-0.05, 0) is 12.3 Å². The van der Waals surface area contributed by atoms with Gasteiger partial charge in [-0.15, -0.1) is 0 Å². The molecule has 3 atom stereocenters. The Labute approximate surface area is 121 Å². The van der Waals surface area contributed by atoms with E-state index in [2.05, 4.69) is 6.92 Å². The molecule has 0 aromatic carbocycles. The summed E-state index contributed by atoms with van der Waals surface area (Å²) in [6.45, 7) is 5.88. The highest BCUT2D eigenvalue weighted by molar-refractivity contribution is 5.73. The first kappa shape index (κ1) is 21.2. The van der Waals surface area contributed by atoms with E-state index in [9.17, 15) is 9.59 Å². The highest BCUT2D eigenvalue weighted by Crippen LogP contribution is 2.04. The molecule has 6 nitrogen and oxygen atoms in total. The summed E-state index contributed by atoms with van der Waals surface area (Å²) in [6, 6.07) is -1.36. The summed E-state index contributed by atoms with van der Waals surface area (Å²) in [6.07, 6.45) is 5.79. The molecule has 6 N–H and O–H groups in total. The van der Waals surface area contributed by atoms with E-state index in [1.54, 1.807) is 0 Å². The molecule has 1 unspecified atom stereocenters. The molecule has 0 rings (SSSR count). The maximum absolute atomic E-state index is 10.2. The van der Waals surface area contributed by atoms with E-state index in [-0.39, 0.29) is 5.92 Å². The lowest BCUT2D eigenvalue weighted by Gasteiger charge is -2.11. The summed E-state index contributed by atoms with van der Waals surface area (Å²) in [5.74, 6) is -1.73. The quantitative estimate of drug-likeness (QED) is 0.480. The molecule has 0 radical (unpaired) electrons. The lowest BCUT2D eigenvalue weighted by molar-refractivity contribution is -0.140. The minimum atomic E-state index is -0.913. The number of rotatable bonds is 9. The Balaban J connectivity index is 0. The fraction of sp³-hybridized carbons (Fsp3) is 0.857. The molecule has 0 aliphatic heterocycles. The van der Waals surface area contributed by atoms with Crippen LogP contribution in [-0.2, 0) is 9.59 Å². The van der Waals surface area contributed by atoms with Crippen LogP contribution in [0.15, 0.2) is 0 Å². The van der Waals surface area contributed by atoms with Gasteiger partial charge in [0, 0.05) is 0 Å². The van der Waals surface area contributed by atoms with Crippen molar-refractivity contribution in [2.24, 2.45) is 17.4 Å². The van der Waals surface area contributed by atoms with Gasteiger partial charge in [-0.2, -0.15) is 0 Å². The number of carbonyl (C=O) groups is 2. The van der Waals surface area contributed by atoms with Crippen LogP contribution in [0.5, 0.6) is 0 Å². The Kier molecular flexibility index (Phi) is 13.6. The maximum Gasteiger partial charge on any atom is 0.320 e. The molecule has 0 saturated heterocycles. The molecular weight excluding hydrogens is 260 g/mol. The maximum atomic E-state index is 10.2. The molecule has 0 heterocycles. The first-order chi connectivity index (χ1) is 9.27. The minimum Gasteiger partial charge on any atom is -0.480 e. The smallest absolute Gasteiger partial charge is 0.320 e. The third kappa shape index (κ3) is 11.9. The van der Waals surface area contributed by atoms with Crippen molar-refractivity contribution < 1.29 is 19.8 Å². The topological polar surface area (TPSA) is 127 Å². The van der Waals surface area contributed by atoms with E-state index >= 15 is 0 Å². The van der Waals surface area contributed by atoms with Crippen molar-refractivity contribution >= 4 is 11.9 Å². The zero-order chi connectivity index (χ0) is 16.1. The summed E-state index contributed by atoms with van der Waals surface area (Å²) in [5.41, 5.74) is 10.6. The van der Waals surface area contributed by atoms with Crippen LogP contribution >= 0.6 is 0 Å². The molecule has 6 heteroatoms. The summed E-state index contributed by atoms with van der Waals surface area (Å²) < 4.78 is 0. The second-order valence-electron chi connectivity index (χ2n) is 5.04. The van der Waals surface area contributed by atoms with Gasteiger partial charge in [-0.25, -0.2) is 0 Å². The van der Waals surface area contributed by atoms with Crippen molar-refractivity contribution in [2.75, 3.05) is 0 Å². The number of carboxylic acid groups (broad SMARTS) is 2. The van der Waals surface area contributed by atoms with Gasteiger partial charge in [-0.1, -0.05) is 52.9 Å². The standard InChI is InChI=1S/C8H17NO2.C6H13NO2/c1-2-3-4-5-6-7(9)8(10)11;1-3-4(2)5(7)6(8)9/h7H,2-6,9H2,1H3,(H,10,11);4-5H,3,7H2,1-2H3,(H,8,9)/t;4-,5-/m.0/s1. The Morgan fingerprint density at radius 1 is 1.00 bits per heavy atom. The van der Waals surface area contributed by atoms with Crippen molar-refractivity contribution in [1.82, 2.24) is 0 Å². The summed E-state index contributed by atoms with van der Waals surface area (Å²) in [4.78, 5) is 20.4. The number of nitrogens with two attached hydrogens (primary N) is 2. The van der Waals surface area contributed by atoms with Gasteiger partial charge < -0.3 is 21.7 Å². The normalized spacial score (nSPS) is 14.7. The van der Waals surface area contributed by atoms with Crippen LogP contribution in [0.2, 0.25) is 0 Å². The summed E-state index contributed by atoms with van der Waals surface area (Å²) >= 11 is 0. The predicted octanol–water partition coefficient (Wildman–Crippen LogP) is 1.81. The zero-order valence-corrected chi connectivity index (χ0v) is 12.8. The first-order valence-corrected chi connectivity index (χ1v) is 7.24. The first-order valence-electron chi connectivity index (χ1n) is 7.24. The molecule has 0 aromatic rings. The van der Waals surface area contributed by atoms with Crippen LogP contribution < -0.4 is 11.5 Å². The van der Waals surface area contributed by atoms with E-state index in [1.165, 1.54) is 12.8 Å². The Bertz CT molecular complexity index is 272.